The van der Waals surface area contributed by atoms with E-state index < -0.39 is 16.1 Å². The van der Waals surface area contributed by atoms with E-state index in [1.165, 1.54) is 23.5 Å². The molecule has 1 fully saturated rings. The Morgan fingerprint density at radius 3 is 2.79 bits per heavy atom. The van der Waals surface area contributed by atoms with Crippen molar-refractivity contribution < 1.29 is 18.3 Å². The Balaban J connectivity index is 2.33. The van der Waals surface area contributed by atoms with Crippen molar-refractivity contribution >= 4 is 15.7 Å². The van der Waals surface area contributed by atoms with E-state index in [-0.39, 0.29) is 17.1 Å². The Labute approximate surface area is 112 Å². The minimum Gasteiger partial charge on any atom is -0.497 e. The summed E-state index contributed by atoms with van der Waals surface area (Å²) in [5, 5.41) is 9.58. The second-order valence-corrected chi connectivity index (χ2v) is 6.47. The first kappa shape index (κ1) is 14.1. The molecule has 0 unspecified atom stereocenters. The van der Waals surface area contributed by atoms with Gasteiger partial charge >= 0.3 is 0 Å². The van der Waals surface area contributed by atoms with Crippen LogP contribution >= 0.6 is 0 Å². The van der Waals surface area contributed by atoms with E-state index in [4.69, 9.17) is 10.5 Å². The monoisotopic (exact) mass is 286 g/mol. The van der Waals surface area contributed by atoms with E-state index in [9.17, 15) is 13.5 Å². The molecule has 1 aliphatic heterocycles. The fourth-order valence-corrected chi connectivity index (χ4v) is 3.78. The number of hydrogen-bond acceptors (Lipinski definition) is 5. The van der Waals surface area contributed by atoms with E-state index in [1.54, 1.807) is 6.07 Å². The Bertz CT molecular complexity index is 559. The number of aliphatic hydroxyl groups is 1. The van der Waals surface area contributed by atoms with Gasteiger partial charge in [0.1, 0.15) is 10.6 Å². The van der Waals surface area contributed by atoms with Gasteiger partial charge in [-0.2, -0.15) is 4.31 Å². The highest BCUT2D eigenvalue weighted by Crippen LogP contribution is 2.28. The smallest absolute Gasteiger partial charge is 0.245 e. The summed E-state index contributed by atoms with van der Waals surface area (Å²) in [5.41, 5.74) is 5.93. The van der Waals surface area contributed by atoms with Gasteiger partial charge in [-0.05, 0) is 25.0 Å². The van der Waals surface area contributed by atoms with Crippen molar-refractivity contribution in [1.82, 2.24) is 4.31 Å². The number of nitrogens with two attached hydrogens (primary N) is 1. The Morgan fingerprint density at radius 1 is 1.47 bits per heavy atom. The molecular formula is C12H18N2O4S. The molecule has 2 rings (SSSR count). The third kappa shape index (κ3) is 2.83. The number of piperidine rings is 1. The zero-order valence-corrected chi connectivity index (χ0v) is 11.6. The summed E-state index contributed by atoms with van der Waals surface area (Å²) < 4.78 is 31.2. The summed E-state index contributed by atoms with van der Waals surface area (Å²) in [6.07, 6.45) is 0.670. The molecule has 7 heteroatoms. The normalized spacial score (nSPS) is 21.3. The predicted octanol–water partition coefficient (Wildman–Crippen LogP) is 0.423. The van der Waals surface area contributed by atoms with Gasteiger partial charge in [0, 0.05) is 19.2 Å². The summed E-state index contributed by atoms with van der Waals surface area (Å²) in [6, 6.07) is 4.47. The number of methoxy groups -OCH3 is 1. The number of nitrogens with zero attached hydrogens (tertiary/aromatic N) is 1. The van der Waals surface area contributed by atoms with E-state index in [1.807, 2.05) is 0 Å². The van der Waals surface area contributed by atoms with Crippen LogP contribution in [0.25, 0.3) is 0 Å². The fraction of sp³-hybridized carbons (Fsp3) is 0.500. The summed E-state index contributed by atoms with van der Waals surface area (Å²) >= 11 is 0. The highest BCUT2D eigenvalue weighted by molar-refractivity contribution is 7.89. The lowest BCUT2D eigenvalue weighted by molar-refractivity contribution is 0.108. The van der Waals surface area contributed by atoms with Crippen molar-refractivity contribution in [3.63, 3.8) is 0 Å². The van der Waals surface area contributed by atoms with Gasteiger partial charge in [0.05, 0.1) is 18.9 Å². The summed E-state index contributed by atoms with van der Waals surface area (Å²) in [4.78, 5) is 0.0578. The summed E-state index contributed by atoms with van der Waals surface area (Å²) in [7, 11) is -2.17. The maximum absolute atomic E-state index is 12.4. The molecule has 0 spiro atoms. The number of aliphatic hydroxyl groups excluding tert-OH is 1. The topological polar surface area (TPSA) is 92.9 Å². The minimum atomic E-state index is -3.66. The molecule has 1 saturated heterocycles. The van der Waals surface area contributed by atoms with Crippen molar-refractivity contribution in [3.05, 3.63) is 18.2 Å². The molecule has 1 atom stereocenters. The lowest BCUT2D eigenvalue weighted by atomic mass is 10.1. The molecule has 6 nitrogen and oxygen atoms in total. The number of hydrogen-bond donors (Lipinski definition) is 2. The van der Waals surface area contributed by atoms with Crippen molar-refractivity contribution in [3.8, 4) is 5.75 Å². The van der Waals surface area contributed by atoms with Crippen LogP contribution in [0.5, 0.6) is 5.75 Å². The SMILES string of the molecule is COc1ccc(S(=O)(=O)N2CCC[C@H](O)C2)c(N)c1. The van der Waals surface area contributed by atoms with Crippen LogP contribution in [0.3, 0.4) is 0 Å². The predicted molar refractivity (Wildman–Crippen MR) is 71.4 cm³/mol. The lowest BCUT2D eigenvalue weighted by Gasteiger charge is -2.29. The van der Waals surface area contributed by atoms with E-state index in [0.29, 0.717) is 25.1 Å². The first-order valence-corrected chi connectivity index (χ1v) is 7.51. The van der Waals surface area contributed by atoms with Gasteiger partial charge < -0.3 is 15.6 Å². The van der Waals surface area contributed by atoms with Crippen LogP contribution in [0.4, 0.5) is 5.69 Å². The molecule has 1 aromatic carbocycles. The molecule has 1 heterocycles. The third-order valence-electron chi connectivity index (χ3n) is 3.19. The van der Waals surface area contributed by atoms with Crippen molar-refractivity contribution in [2.45, 2.75) is 23.8 Å². The highest BCUT2D eigenvalue weighted by atomic mass is 32.2. The van der Waals surface area contributed by atoms with Crippen molar-refractivity contribution in [1.29, 1.82) is 0 Å². The number of sulfonamides is 1. The molecule has 0 aliphatic carbocycles. The van der Waals surface area contributed by atoms with E-state index >= 15 is 0 Å². The standard InChI is InChI=1S/C12H18N2O4S/c1-18-10-4-5-12(11(13)7-10)19(16,17)14-6-2-3-9(15)8-14/h4-5,7,9,15H,2-3,6,8,13H2,1H3/t9-/m0/s1. The molecule has 1 aliphatic rings. The Kier molecular flexibility index (Phi) is 3.98. The molecule has 3 N–H and O–H groups in total. The second-order valence-electron chi connectivity index (χ2n) is 4.56. The molecule has 0 radical (unpaired) electrons. The van der Waals surface area contributed by atoms with Crippen molar-refractivity contribution in [2.75, 3.05) is 25.9 Å². The van der Waals surface area contributed by atoms with Crippen LogP contribution in [0.1, 0.15) is 12.8 Å². The van der Waals surface area contributed by atoms with Crippen LogP contribution in [-0.4, -0.2) is 44.1 Å². The van der Waals surface area contributed by atoms with Crippen LogP contribution in [-0.2, 0) is 10.0 Å². The lowest BCUT2D eigenvalue weighted by Crippen LogP contribution is -2.42. The minimum absolute atomic E-state index is 0.0578. The summed E-state index contributed by atoms with van der Waals surface area (Å²) in [5.74, 6) is 0.509. The van der Waals surface area contributed by atoms with Crippen LogP contribution in [0.15, 0.2) is 23.1 Å². The highest BCUT2D eigenvalue weighted by Gasteiger charge is 2.30. The zero-order chi connectivity index (χ0) is 14.0. The number of anilines is 1. The zero-order valence-electron chi connectivity index (χ0n) is 10.7. The second kappa shape index (κ2) is 5.36. The van der Waals surface area contributed by atoms with Gasteiger partial charge in [0.2, 0.25) is 10.0 Å². The largest absolute Gasteiger partial charge is 0.497 e. The first-order valence-electron chi connectivity index (χ1n) is 6.07. The quantitative estimate of drug-likeness (QED) is 0.786. The average molecular weight is 286 g/mol. The molecule has 1 aromatic rings. The number of rotatable bonds is 3. The average Bonchev–Trinajstić information content (AvgIpc) is 2.38. The fourth-order valence-electron chi connectivity index (χ4n) is 2.17. The molecule has 0 amide bonds. The number of nitrogen functional groups attached to an aromatic ring is 1. The van der Waals surface area contributed by atoms with Gasteiger partial charge in [-0.15, -0.1) is 0 Å². The van der Waals surface area contributed by atoms with Crippen molar-refractivity contribution in [2.24, 2.45) is 0 Å². The number of benzene rings is 1. The van der Waals surface area contributed by atoms with Crippen LogP contribution in [0, 0.1) is 0 Å². The van der Waals surface area contributed by atoms with E-state index in [0.717, 1.165) is 0 Å². The van der Waals surface area contributed by atoms with Gasteiger partial charge in [-0.3, -0.25) is 0 Å². The third-order valence-corrected chi connectivity index (χ3v) is 5.13. The summed E-state index contributed by atoms with van der Waals surface area (Å²) in [6.45, 7) is 0.526. The van der Waals surface area contributed by atoms with Gasteiger partial charge in [0.25, 0.3) is 0 Å². The van der Waals surface area contributed by atoms with E-state index in [2.05, 4.69) is 0 Å². The van der Waals surface area contributed by atoms with Gasteiger partial charge in [-0.1, -0.05) is 0 Å². The maximum atomic E-state index is 12.4. The van der Waals surface area contributed by atoms with Crippen LogP contribution in [0.2, 0.25) is 0 Å². The molecule has 106 valence electrons. The molecular weight excluding hydrogens is 268 g/mol. The molecule has 0 saturated carbocycles. The van der Waals surface area contributed by atoms with Crippen LogP contribution < -0.4 is 10.5 Å². The Hall–Kier alpha value is -1.31. The van der Waals surface area contributed by atoms with Gasteiger partial charge in [-0.25, -0.2) is 8.42 Å². The molecule has 19 heavy (non-hydrogen) atoms. The first-order chi connectivity index (χ1) is 8.95. The maximum Gasteiger partial charge on any atom is 0.245 e. The number of ether oxygens (including phenoxy) is 1. The molecule has 0 bridgehead atoms. The Morgan fingerprint density at radius 2 is 2.21 bits per heavy atom. The molecule has 0 aromatic heterocycles. The van der Waals surface area contributed by atoms with Gasteiger partial charge in [0.15, 0.2) is 0 Å². The number of β-amino-alcohol motifs (C(OH)–C–C–N with tert-alkyl or cyclic N) is 1.